The van der Waals surface area contributed by atoms with Gasteiger partial charge >= 0.3 is 0 Å². The van der Waals surface area contributed by atoms with Gasteiger partial charge in [0.15, 0.2) is 0 Å². The molecule has 0 aromatic heterocycles. The molecule has 34 heavy (non-hydrogen) atoms. The molecule has 0 aliphatic rings. The topological polar surface area (TPSA) is 108 Å². The van der Waals surface area contributed by atoms with Crippen LogP contribution in [0.1, 0.15) is 37.8 Å². The highest BCUT2D eigenvalue weighted by molar-refractivity contribution is 5.86. The molecule has 184 valence electrons. The lowest BCUT2D eigenvalue weighted by molar-refractivity contribution is -0.132. The molecule has 2 atom stereocenters. The molecule has 2 aromatic carbocycles. The van der Waals surface area contributed by atoms with Crippen LogP contribution in [0.2, 0.25) is 0 Å². The van der Waals surface area contributed by atoms with E-state index in [0.717, 1.165) is 16.9 Å². The SMILES string of the molecule is C=CCC(CC(=O)NC(CO)Cc1ccc(OCc2ccccc2)cc1)C(=O)NC(C)(C)CO. The Morgan fingerprint density at radius 3 is 2.32 bits per heavy atom. The van der Waals surface area contributed by atoms with Crippen LogP contribution < -0.4 is 15.4 Å². The molecule has 7 heteroatoms. The van der Waals surface area contributed by atoms with Crippen LogP contribution in [0.3, 0.4) is 0 Å². The van der Waals surface area contributed by atoms with Gasteiger partial charge in [-0.05, 0) is 49.9 Å². The van der Waals surface area contributed by atoms with Crippen LogP contribution in [0.4, 0.5) is 0 Å². The number of carbonyl (C=O) groups is 2. The van der Waals surface area contributed by atoms with Crippen LogP contribution in [-0.4, -0.2) is 46.8 Å². The van der Waals surface area contributed by atoms with Gasteiger partial charge < -0.3 is 25.6 Å². The Bertz CT molecular complexity index is 912. The second-order valence-corrected chi connectivity index (χ2v) is 9.03. The first-order chi connectivity index (χ1) is 16.3. The van der Waals surface area contributed by atoms with E-state index in [0.29, 0.717) is 19.4 Å². The van der Waals surface area contributed by atoms with E-state index in [2.05, 4.69) is 17.2 Å². The molecule has 0 radical (unpaired) electrons. The van der Waals surface area contributed by atoms with E-state index in [1.165, 1.54) is 0 Å². The first-order valence-electron chi connectivity index (χ1n) is 11.5. The summed E-state index contributed by atoms with van der Waals surface area (Å²) in [6.45, 7) is 7.11. The first-order valence-corrected chi connectivity index (χ1v) is 11.5. The van der Waals surface area contributed by atoms with Crippen molar-refractivity contribution in [3.8, 4) is 5.75 Å². The monoisotopic (exact) mass is 468 g/mol. The Labute approximate surface area is 201 Å². The standard InChI is InChI=1S/C27H36N2O5/c1-4-8-22(26(33)29-27(2,3)19-31)16-25(32)28-23(17-30)15-20-11-13-24(14-12-20)34-18-21-9-6-5-7-10-21/h4-7,9-14,22-23,30-31H,1,8,15-19H2,2-3H3,(H,28,32)(H,29,33). The lowest BCUT2D eigenvalue weighted by Crippen LogP contribution is -2.49. The number of hydrogen-bond donors (Lipinski definition) is 4. The third kappa shape index (κ3) is 9.37. The Morgan fingerprint density at radius 2 is 1.74 bits per heavy atom. The highest BCUT2D eigenvalue weighted by atomic mass is 16.5. The number of rotatable bonds is 14. The Balaban J connectivity index is 1.88. The van der Waals surface area contributed by atoms with Crippen molar-refractivity contribution < 1.29 is 24.5 Å². The second-order valence-electron chi connectivity index (χ2n) is 9.03. The Morgan fingerprint density at radius 1 is 1.06 bits per heavy atom. The minimum absolute atomic E-state index is 0.0396. The lowest BCUT2D eigenvalue weighted by atomic mass is 9.97. The van der Waals surface area contributed by atoms with E-state index in [9.17, 15) is 19.8 Å². The second kappa shape index (κ2) is 13.5. The molecule has 7 nitrogen and oxygen atoms in total. The van der Waals surface area contributed by atoms with Gasteiger partial charge in [0.25, 0.3) is 0 Å². The first kappa shape index (κ1) is 27.1. The summed E-state index contributed by atoms with van der Waals surface area (Å²) in [6.07, 6.45) is 2.32. The van der Waals surface area contributed by atoms with Crippen molar-refractivity contribution in [2.75, 3.05) is 13.2 Å². The molecule has 0 spiro atoms. The van der Waals surface area contributed by atoms with Gasteiger partial charge in [-0.25, -0.2) is 0 Å². The number of benzene rings is 2. The number of amides is 2. The normalized spacial score (nSPS) is 12.9. The number of aliphatic hydroxyl groups excluding tert-OH is 2. The molecule has 0 fully saturated rings. The van der Waals surface area contributed by atoms with Gasteiger partial charge in [-0.1, -0.05) is 48.5 Å². The molecule has 0 bridgehead atoms. The minimum atomic E-state index is -0.780. The summed E-state index contributed by atoms with van der Waals surface area (Å²) in [7, 11) is 0. The summed E-state index contributed by atoms with van der Waals surface area (Å²) in [5.41, 5.74) is 1.24. The predicted molar refractivity (Wildman–Crippen MR) is 132 cm³/mol. The minimum Gasteiger partial charge on any atom is -0.489 e. The van der Waals surface area contributed by atoms with Gasteiger partial charge in [0, 0.05) is 6.42 Å². The zero-order chi connectivity index (χ0) is 25.0. The van der Waals surface area contributed by atoms with Gasteiger partial charge in [-0.2, -0.15) is 0 Å². The largest absolute Gasteiger partial charge is 0.489 e. The van der Waals surface area contributed by atoms with E-state index in [1.54, 1.807) is 19.9 Å². The molecule has 2 rings (SSSR count). The Hall–Kier alpha value is -3.16. The number of allylic oxidation sites excluding steroid dienone is 1. The van der Waals surface area contributed by atoms with E-state index in [1.807, 2.05) is 54.6 Å². The van der Waals surface area contributed by atoms with E-state index in [4.69, 9.17) is 4.74 Å². The van der Waals surface area contributed by atoms with Crippen molar-refractivity contribution in [2.24, 2.45) is 5.92 Å². The molecule has 2 aromatic rings. The zero-order valence-electron chi connectivity index (χ0n) is 20.0. The zero-order valence-corrected chi connectivity index (χ0v) is 20.0. The van der Waals surface area contributed by atoms with Crippen molar-refractivity contribution >= 4 is 11.8 Å². The van der Waals surface area contributed by atoms with Crippen molar-refractivity contribution in [1.29, 1.82) is 0 Å². The molecule has 0 heterocycles. The number of hydrogen-bond acceptors (Lipinski definition) is 5. The number of nitrogens with one attached hydrogen (secondary N) is 2. The summed E-state index contributed by atoms with van der Waals surface area (Å²) >= 11 is 0. The molecule has 2 amide bonds. The molecular formula is C27H36N2O5. The van der Waals surface area contributed by atoms with Crippen LogP contribution in [0.25, 0.3) is 0 Å². The lowest BCUT2D eigenvalue weighted by Gasteiger charge is -2.26. The highest BCUT2D eigenvalue weighted by Gasteiger charge is 2.27. The summed E-state index contributed by atoms with van der Waals surface area (Å²) in [6, 6.07) is 16.9. The summed E-state index contributed by atoms with van der Waals surface area (Å²) in [5.74, 6) is -0.517. The number of aliphatic hydroxyl groups is 2. The van der Waals surface area contributed by atoms with Gasteiger partial charge in [-0.3, -0.25) is 9.59 Å². The third-order valence-corrected chi connectivity index (χ3v) is 5.35. The van der Waals surface area contributed by atoms with E-state index < -0.39 is 17.5 Å². The van der Waals surface area contributed by atoms with Crippen LogP contribution in [-0.2, 0) is 22.6 Å². The molecular weight excluding hydrogens is 432 g/mol. The van der Waals surface area contributed by atoms with Crippen molar-refractivity contribution in [3.05, 3.63) is 78.4 Å². The molecule has 2 unspecified atom stereocenters. The molecule has 0 saturated heterocycles. The fraction of sp³-hybridized carbons (Fsp3) is 0.407. The third-order valence-electron chi connectivity index (χ3n) is 5.35. The van der Waals surface area contributed by atoms with Crippen LogP contribution in [0, 0.1) is 5.92 Å². The molecule has 4 N–H and O–H groups in total. The van der Waals surface area contributed by atoms with Crippen molar-refractivity contribution in [1.82, 2.24) is 10.6 Å². The van der Waals surface area contributed by atoms with Crippen molar-refractivity contribution in [3.63, 3.8) is 0 Å². The van der Waals surface area contributed by atoms with Gasteiger partial charge in [0.05, 0.1) is 30.7 Å². The summed E-state index contributed by atoms with van der Waals surface area (Å²) < 4.78 is 5.79. The van der Waals surface area contributed by atoms with Crippen LogP contribution >= 0.6 is 0 Å². The van der Waals surface area contributed by atoms with Crippen LogP contribution in [0.5, 0.6) is 5.75 Å². The number of carbonyl (C=O) groups excluding carboxylic acids is 2. The quantitative estimate of drug-likeness (QED) is 0.319. The molecule has 0 aliphatic carbocycles. The average Bonchev–Trinajstić information content (AvgIpc) is 2.83. The maximum atomic E-state index is 12.6. The maximum absolute atomic E-state index is 12.6. The average molecular weight is 469 g/mol. The fourth-order valence-corrected chi connectivity index (χ4v) is 3.38. The maximum Gasteiger partial charge on any atom is 0.224 e. The van der Waals surface area contributed by atoms with E-state index >= 15 is 0 Å². The van der Waals surface area contributed by atoms with Gasteiger partial charge in [0.2, 0.25) is 11.8 Å². The highest BCUT2D eigenvalue weighted by Crippen LogP contribution is 2.16. The Kier molecular flexibility index (Phi) is 10.8. The summed E-state index contributed by atoms with van der Waals surface area (Å²) in [4.78, 5) is 25.1. The smallest absolute Gasteiger partial charge is 0.224 e. The van der Waals surface area contributed by atoms with Gasteiger partial charge in [0.1, 0.15) is 12.4 Å². The summed E-state index contributed by atoms with van der Waals surface area (Å²) in [5, 5.41) is 24.7. The van der Waals surface area contributed by atoms with Crippen molar-refractivity contribution in [2.45, 2.75) is 51.3 Å². The fourth-order valence-electron chi connectivity index (χ4n) is 3.38. The van der Waals surface area contributed by atoms with E-state index in [-0.39, 0.29) is 31.4 Å². The van der Waals surface area contributed by atoms with Crippen LogP contribution in [0.15, 0.2) is 67.3 Å². The molecule has 0 saturated carbocycles. The predicted octanol–water partition coefficient (Wildman–Crippen LogP) is 2.75. The van der Waals surface area contributed by atoms with Gasteiger partial charge in [-0.15, -0.1) is 6.58 Å². The number of ether oxygens (including phenoxy) is 1. The molecule has 0 aliphatic heterocycles.